The Labute approximate surface area is 246 Å². The minimum absolute atomic E-state index is 0.0209. The molecule has 0 spiro atoms. The van der Waals surface area contributed by atoms with Crippen LogP contribution in [0.4, 0.5) is 5.69 Å². The lowest BCUT2D eigenvalue weighted by atomic mass is 10.1. The van der Waals surface area contributed by atoms with E-state index in [1.807, 2.05) is 93.6 Å². The number of nitrogens with one attached hydrogen (secondary N) is 1. The summed E-state index contributed by atoms with van der Waals surface area (Å²) in [6.07, 6.45) is 1.53. The zero-order valence-corrected chi connectivity index (χ0v) is 24.1. The van der Waals surface area contributed by atoms with Crippen LogP contribution >= 0.6 is 0 Å². The van der Waals surface area contributed by atoms with Crippen LogP contribution in [0.3, 0.4) is 0 Å². The molecule has 4 rings (SSSR count). The van der Waals surface area contributed by atoms with Gasteiger partial charge in [-0.3, -0.25) is 4.79 Å². The monoisotopic (exact) mass is 562 g/mol. The number of aryl methyl sites for hydroxylation is 1. The third kappa shape index (κ3) is 8.15. The highest BCUT2D eigenvalue weighted by molar-refractivity contribution is 6.10. The summed E-state index contributed by atoms with van der Waals surface area (Å²) >= 11 is 0. The molecular formula is C35H34N2O5. The molecule has 42 heavy (non-hydrogen) atoms. The first-order chi connectivity index (χ1) is 20.5. The standard InChI is InChI=1S/C35H34N2O5/c1-4-39-33-20-27(19-29(22-36)35(38)37-30-14-10-9-11-25(30)3)15-17-31(33)42-24-28-16-18-32(34(21-28)40-5-2)41-23-26-12-7-6-8-13-26/h6-21H,4-5,23-24H2,1-3H3,(H,37,38)/b29-19-. The first-order valence-corrected chi connectivity index (χ1v) is 13.8. The van der Waals surface area contributed by atoms with Crippen LogP contribution in [0.15, 0.2) is 96.6 Å². The van der Waals surface area contributed by atoms with Gasteiger partial charge in [0.2, 0.25) is 0 Å². The number of ether oxygens (including phenoxy) is 4. The van der Waals surface area contributed by atoms with Crippen molar-refractivity contribution in [3.8, 4) is 29.1 Å². The van der Waals surface area contributed by atoms with E-state index in [-0.39, 0.29) is 12.2 Å². The van der Waals surface area contributed by atoms with Crippen molar-refractivity contribution in [2.24, 2.45) is 0 Å². The Morgan fingerprint density at radius 1 is 0.738 bits per heavy atom. The van der Waals surface area contributed by atoms with E-state index < -0.39 is 5.91 Å². The van der Waals surface area contributed by atoms with E-state index in [1.165, 1.54) is 6.08 Å². The maximum absolute atomic E-state index is 12.8. The van der Waals surface area contributed by atoms with Gasteiger partial charge in [0.05, 0.1) is 13.2 Å². The number of nitriles is 1. The Morgan fingerprint density at radius 3 is 2.02 bits per heavy atom. The summed E-state index contributed by atoms with van der Waals surface area (Å²) in [5.74, 6) is 1.88. The highest BCUT2D eigenvalue weighted by Crippen LogP contribution is 2.33. The SMILES string of the molecule is CCOc1cc(/C=C(/C#N)C(=O)Nc2ccccc2C)ccc1OCc1ccc(OCc2ccccc2)c(OCC)c1. The summed E-state index contributed by atoms with van der Waals surface area (Å²) in [6.45, 7) is 7.34. The third-order valence-electron chi connectivity index (χ3n) is 6.28. The number of para-hydroxylation sites is 1. The van der Waals surface area contributed by atoms with E-state index in [0.29, 0.717) is 54.1 Å². The van der Waals surface area contributed by atoms with Crippen molar-refractivity contribution < 1.29 is 23.7 Å². The van der Waals surface area contributed by atoms with Gasteiger partial charge in [0.15, 0.2) is 23.0 Å². The molecule has 7 nitrogen and oxygen atoms in total. The number of hydrogen-bond acceptors (Lipinski definition) is 6. The van der Waals surface area contributed by atoms with Crippen molar-refractivity contribution in [2.45, 2.75) is 34.0 Å². The van der Waals surface area contributed by atoms with Gasteiger partial charge in [-0.1, -0.05) is 60.7 Å². The molecule has 1 amide bonds. The fraction of sp³-hybridized carbons (Fsp3) is 0.200. The van der Waals surface area contributed by atoms with Crippen LogP contribution in [-0.2, 0) is 18.0 Å². The normalized spacial score (nSPS) is 10.9. The molecule has 1 N–H and O–H groups in total. The molecule has 4 aromatic carbocycles. The number of carbonyl (C=O) groups is 1. The van der Waals surface area contributed by atoms with Crippen molar-refractivity contribution in [1.29, 1.82) is 5.26 Å². The molecule has 0 radical (unpaired) electrons. The summed E-state index contributed by atoms with van der Waals surface area (Å²) < 4.78 is 23.8. The molecule has 0 aromatic heterocycles. The van der Waals surface area contributed by atoms with Crippen LogP contribution in [0.25, 0.3) is 6.08 Å². The Kier molecular flexibility index (Phi) is 10.6. The molecule has 4 aromatic rings. The lowest BCUT2D eigenvalue weighted by molar-refractivity contribution is -0.112. The lowest BCUT2D eigenvalue weighted by Gasteiger charge is -2.15. The topological polar surface area (TPSA) is 89.8 Å². The number of carbonyl (C=O) groups excluding carboxylic acids is 1. The first kappa shape index (κ1) is 29.8. The van der Waals surface area contributed by atoms with Crippen LogP contribution in [0.1, 0.15) is 36.1 Å². The van der Waals surface area contributed by atoms with E-state index in [9.17, 15) is 10.1 Å². The van der Waals surface area contributed by atoms with Crippen LogP contribution in [0.2, 0.25) is 0 Å². The minimum atomic E-state index is -0.480. The Bertz CT molecular complexity index is 1570. The van der Waals surface area contributed by atoms with E-state index in [1.54, 1.807) is 24.3 Å². The maximum Gasteiger partial charge on any atom is 0.266 e. The van der Waals surface area contributed by atoms with Gasteiger partial charge in [0.1, 0.15) is 24.9 Å². The summed E-state index contributed by atoms with van der Waals surface area (Å²) in [5.41, 5.74) is 4.16. The van der Waals surface area contributed by atoms with Gasteiger partial charge < -0.3 is 24.3 Å². The number of anilines is 1. The molecule has 7 heteroatoms. The predicted octanol–water partition coefficient (Wildman–Crippen LogP) is 7.50. The molecule has 0 aliphatic rings. The molecular weight excluding hydrogens is 528 g/mol. The Morgan fingerprint density at radius 2 is 1.36 bits per heavy atom. The van der Waals surface area contributed by atoms with Crippen molar-refractivity contribution in [3.05, 3.63) is 119 Å². The van der Waals surface area contributed by atoms with E-state index in [4.69, 9.17) is 18.9 Å². The van der Waals surface area contributed by atoms with Crippen molar-refractivity contribution >= 4 is 17.7 Å². The number of amides is 1. The largest absolute Gasteiger partial charge is 0.490 e. The summed E-state index contributed by atoms with van der Waals surface area (Å²) in [5, 5.41) is 12.5. The van der Waals surface area contributed by atoms with Crippen LogP contribution in [-0.4, -0.2) is 19.1 Å². The average Bonchev–Trinajstić information content (AvgIpc) is 3.01. The van der Waals surface area contributed by atoms with Gasteiger partial charge in [-0.2, -0.15) is 5.26 Å². The van der Waals surface area contributed by atoms with Crippen molar-refractivity contribution in [3.63, 3.8) is 0 Å². The smallest absolute Gasteiger partial charge is 0.266 e. The molecule has 0 unspecified atom stereocenters. The van der Waals surface area contributed by atoms with E-state index >= 15 is 0 Å². The zero-order valence-electron chi connectivity index (χ0n) is 24.1. The molecule has 0 saturated carbocycles. The van der Waals surface area contributed by atoms with Crippen LogP contribution < -0.4 is 24.3 Å². The van der Waals surface area contributed by atoms with E-state index in [2.05, 4.69) is 5.32 Å². The molecule has 0 fully saturated rings. The summed E-state index contributed by atoms with van der Waals surface area (Å²) in [6, 6.07) is 30.4. The second-order valence-corrected chi connectivity index (χ2v) is 9.36. The highest BCUT2D eigenvalue weighted by atomic mass is 16.5. The molecule has 0 atom stereocenters. The first-order valence-electron chi connectivity index (χ1n) is 13.8. The van der Waals surface area contributed by atoms with Gasteiger partial charge >= 0.3 is 0 Å². The average molecular weight is 563 g/mol. The van der Waals surface area contributed by atoms with Crippen LogP contribution in [0.5, 0.6) is 23.0 Å². The lowest BCUT2D eigenvalue weighted by Crippen LogP contribution is -2.14. The second kappa shape index (κ2) is 15.0. The summed E-state index contributed by atoms with van der Waals surface area (Å²) in [4.78, 5) is 12.8. The van der Waals surface area contributed by atoms with Gasteiger partial charge in [0.25, 0.3) is 5.91 Å². The Hall–Kier alpha value is -5.22. The molecule has 0 heterocycles. The highest BCUT2D eigenvalue weighted by Gasteiger charge is 2.13. The van der Waals surface area contributed by atoms with E-state index in [0.717, 1.165) is 16.7 Å². The number of nitrogens with zero attached hydrogens (tertiary/aromatic N) is 1. The van der Waals surface area contributed by atoms with Crippen molar-refractivity contribution in [2.75, 3.05) is 18.5 Å². The zero-order chi connectivity index (χ0) is 29.7. The minimum Gasteiger partial charge on any atom is -0.490 e. The number of hydrogen-bond donors (Lipinski definition) is 1. The number of rotatable bonds is 13. The second-order valence-electron chi connectivity index (χ2n) is 9.36. The molecule has 0 aliphatic carbocycles. The molecule has 0 saturated heterocycles. The van der Waals surface area contributed by atoms with Gasteiger partial charge in [-0.05, 0) is 79.4 Å². The predicted molar refractivity (Wildman–Crippen MR) is 164 cm³/mol. The van der Waals surface area contributed by atoms with Gasteiger partial charge in [0, 0.05) is 5.69 Å². The molecule has 0 bridgehead atoms. The number of benzene rings is 4. The van der Waals surface area contributed by atoms with Crippen molar-refractivity contribution in [1.82, 2.24) is 0 Å². The molecule has 0 aliphatic heterocycles. The fourth-order valence-electron chi connectivity index (χ4n) is 4.15. The van der Waals surface area contributed by atoms with Crippen LogP contribution in [0, 0.1) is 18.3 Å². The van der Waals surface area contributed by atoms with Gasteiger partial charge in [-0.15, -0.1) is 0 Å². The Balaban J connectivity index is 1.47. The van der Waals surface area contributed by atoms with Gasteiger partial charge in [-0.25, -0.2) is 0 Å². The quantitative estimate of drug-likeness (QED) is 0.134. The third-order valence-corrected chi connectivity index (χ3v) is 6.28. The maximum atomic E-state index is 12.8. The molecule has 214 valence electrons. The summed E-state index contributed by atoms with van der Waals surface area (Å²) in [7, 11) is 0. The fourth-order valence-corrected chi connectivity index (χ4v) is 4.15.